The smallest absolute Gasteiger partial charge is 0.410 e. The van der Waals surface area contributed by atoms with Crippen LogP contribution in [0, 0.1) is 12.7 Å². The highest BCUT2D eigenvalue weighted by molar-refractivity contribution is 6.38. The van der Waals surface area contributed by atoms with Crippen LogP contribution in [0.15, 0.2) is 158 Å². The topological polar surface area (TPSA) is 324 Å². The number of aromatic nitrogens is 3. The molecule has 3 saturated heterocycles. The Bertz CT molecular complexity index is 5560. The molecule has 676 valence electrons. The highest BCUT2D eigenvalue weighted by Crippen LogP contribution is 2.44. The molecule has 0 bridgehead atoms. The monoisotopic (exact) mass is 1860 g/mol. The average molecular weight is 1860 g/mol. The molecule has 10 aromatic rings. The number of aromatic hydroxyl groups is 1. The first-order valence-corrected chi connectivity index (χ1v) is 42.4. The van der Waals surface area contributed by atoms with Crippen molar-refractivity contribution < 1.29 is 71.4 Å². The molecule has 0 aliphatic carbocycles. The number of nitrogens with zero attached hydrogens (tertiary/aromatic N) is 8. The molecule has 0 spiro atoms. The maximum absolute atomic E-state index is 14.0. The number of methoxy groups -OCH3 is 2. The van der Waals surface area contributed by atoms with Crippen molar-refractivity contribution >= 4 is 117 Å². The summed E-state index contributed by atoms with van der Waals surface area (Å²) in [7, 11) is 3.20. The summed E-state index contributed by atoms with van der Waals surface area (Å²) in [5.74, 6) is 2.39. The molecule has 127 heavy (non-hydrogen) atoms. The number of piperazine rings is 3. The van der Waals surface area contributed by atoms with Gasteiger partial charge in [-0.3, -0.25) is 14.4 Å². The van der Waals surface area contributed by atoms with E-state index in [-0.39, 0.29) is 95.4 Å². The second-order valence-electron chi connectivity index (χ2n) is 31.6. The molecule has 6 heterocycles. The van der Waals surface area contributed by atoms with Crippen LogP contribution in [-0.2, 0) is 16.1 Å². The van der Waals surface area contributed by atoms with Crippen molar-refractivity contribution in [2.24, 2.45) is 0 Å². The second-order valence-corrected chi connectivity index (χ2v) is 34.0. The van der Waals surface area contributed by atoms with Gasteiger partial charge in [0.05, 0.1) is 29.3 Å². The molecular formula is C94H107Cl6FN12O14. The molecule has 3 fully saturated rings. The van der Waals surface area contributed by atoms with Gasteiger partial charge in [0.15, 0.2) is 34.7 Å². The van der Waals surface area contributed by atoms with Gasteiger partial charge in [-0.1, -0.05) is 121 Å². The number of phenolic OH excluding ortho intramolecular Hbond substituents is 1. The van der Waals surface area contributed by atoms with E-state index in [9.17, 15) is 33.5 Å². The van der Waals surface area contributed by atoms with Crippen LogP contribution < -0.4 is 50.9 Å². The van der Waals surface area contributed by atoms with E-state index in [4.69, 9.17) is 125 Å². The van der Waals surface area contributed by atoms with Crippen LogP contribution in [0.5, 0.6) is 40.2 Å². The van der Waals surface area contributed by atoms with Crippen molar-refractivity contribution in [2.75, 3.05) is 110 Å². The summed E-state index contributed by atoms with van der Waals surface area (Å²) in [6.45, 7) is 24.7. The Balaban J connectivity index is 0.000000219. The number of ether oxygens (including phenoxy) is 8. The zero-order chi connectivity index (χ0) is 90.5. The van der Waals surface area contributed by atoms with Crippen molar-refractivity contribution in [3.8, 4) is 73.6 Å². The summed E-state index contributed by atoms with van der Waals surface area (Å²) in [4.78, 5) is 85.2. The molecule has 3 atom stereocenters. The van der Waals surface area contributed by atoms with Crippen LogP contribution in [0.4, 0.5) is 31.4 Å². The Labute approximate surface area is 770 Å². The Morgan fingerprint density at radius 1 is 0.441 bits per heavy atom. The van der Waals surface area contributed by atoms with Gasteiger partial charge in [-0.05, 0) is 189 Å². The van der Waals surface area contributed by atoms with E-state index in [2.05, 4.69) is 20.3 Å². The Morgan fingerprint density at radius 3 is 1.16 bits per heavy atom. The number of hydrogen-bond acceptors (Lipinski definition) is 21. The highest BCUT2D eigenvalue weighted by atomic mass is 35.5. The summed E-state index contributed by atoms with van der Waals surface area (Å²) < 4.78 is 60.3. The number of nitrogen functional groups attached to an aromatic ring is 3. The quantitative estimate of drug-likeness (QED) is 0.0443. The number of anilines is 3. The van der Waals surface area contributed by atoms with Gasteiger partial charge < -0.3 is 90.0 Å². The number of hydrogen-bond donors (Lipinski definition) is 5. The van der Waals surface area contributed by atoms with Gasteiger partial charge in [-0.15, -0.1) is 0 Å². The fourth-order valence-corrected chi connectivity index (χ4v) is 15.9. The molecule has 26 nitrogen and oxygen atoms in total. The molecule has 13 rings (SSSR count). The lowest BCUT2D eigenvalue weighted by molar-refractivity contribution is 0.0136. The summed E-state index contributed by atoms with van der Waals surface area (Å²) in [6, 6.07) is 39.7. The largest absolute Gasteiger partial charge is 0.506 e. The lowest BCUT2D eigenvalue weighted by Crippen LogP contribution is -2.51. The molecule has 3 unspecified atom stereocenters. The molecule has 3 aromatic heterocycles. The van der Waals surface area contributed by atoms with E-state index >= 15 is 0 Å². The van der Waals surface area contributed by atoms with Gasteiger partial charge in [-0.2, -0.15) is 0 Å². The zero-order valence-corrected chi connectivity index (χ0v) is 75.7. The number of carbonyl (C=O) groups excluding carboxylic acids is 5. The van der Waals surface area contributed by atoms with Gasteiger partial charge in [0.1, 0.15) is 64.9 Å². The second kappa shape index (κ2) is 43.9. The summed E-state index contributed by atoms with van der Waals surface area (Å²) in [5, 5.41) is 14.5. The first-order chi connectivity index (χ1) is 59.4. The van der Waals surface area contributed by atoms with Crippen LogP contribution in [0.1, 0.15) is 154 Å². The number of rotatable bonds is 20. The fourth-order valence-electron chi connectivity index (χ4n) is 13.8. The van der Waals surface area contributed by atoms with Crippen LogP contribution in [0.2, 0.25) is 30.1 Å². The number of nitrogens with one attached hydrogen (secondary N) is 1. The molecule has 3 aliphatic heterocycles. The van der Waals surface area contributed by atoms with Crippen molar-refractivity contribution in [3.05, 3.63) is 239 Å². The van der Waals surface area contributed by atoms with E-state index in [0.29, 0.717) is 148 Å². The number of nitrogens with two attached hydrogens (primary N) is 3. The molecule has 7 aromatic carbocycles. The van der Waals surface area contributed by atoms with E-state index < -0.39 is 35.3 Å². The lowest BCUT2D eigenvalue weighted by Gasteiger charge is -2.35. The third-order valence-corrected chi connectivity index (χ3v) is 22.7. The first kappa shape index (κ1) is 99.3. The Hall–Kier alpha value is -11.4. The molecule has 0 radical (unpaired) electrons. The van der Waals surface area contributed by atoms with Crippen LogP contribution in [-0.4, -0.2) is 178 Å². The number of aryl methyl sites for hydroxylation is 1. The predicted octanol–water partition coefficient (Wildman–Crippen LogP) is 20.8. The van der Waals surface area contributed by atoms with E-state index in [1.165, 1.54) is 18.2 Å². The lowest BCUT2D eigenvalue weighted by atomic mass is 10.0. The Kier molecular flexibility index (Phi) is 34.3. The van der Waals surface area contributed by atoms with Crippen LogP contribution >= 0.6 is 69.6 Å². The van der Waals surface area contributed by atoms with E-state index in [1.807, 2.05) is 115 Å². The number of pyridine rings is 3. The number of amides is 5. The van der Waals surface area contributed by atoms with Crippen LogP contribution in [0.25, 0.3) is 33.4 Å². The maximum Gasteiger partial charge on any atom is 0.410 e. The number of carbonyl (C=O) groups is 5. The van der Waals surface area contributed by atoms with Gasteiger partial charge >= 0.3 is 12.2 Å². The van der Waals surface area contributed by atoms with Gasteiger partial charge in [0, 0.05) is 174 Å². The highest BCUT2D eigenvalue weighted by Gasteiger charge is 2.33. The third-order valence-electron chi connectivity index (χ3n) is 20.5. The normalized spacial score (nSPS) is 14.0. The van der Waals surface area contributed by atoms with Gasteiger partial charge in [0.25, 0.3) is 17.7 Å². The van der Waals surface area contributed by atoms with Crippen molar-refractivity contribution in [1.29, 1.82) is 0 Å². The standard InChI is InChI=1S/C39H44Cl2N4O7.C29H31Cl2FN4O4.C24H24Cl2N4O3.2CH4/c1-23-18-28(48-6)20-32(49-7)29(23)22-50-31-13-12-30(40)34(35(31)41)24(2)51-33-19-27(21-43-36(33)42)25-8-10-26(11-9-25)37(46)44-14-16-45(17-15-44)38(47)52-39(3,4)5;1-17(24-21(30)9-10-22(32)25(24)31)39-23-15-20(16-34-26(23)33)18-5-7-19(8-6-18)27(37)35-11-13-36(14-12-35)28(38)40-29(2,3)4;1-14(21-18(25)6-7-19(31)22(21)26)33-20-12-17(13-29-23(20)27)15-2-4-16(5-3-15)24(32)30-10-8-28-9-11-30;;/h8-13,18-21,24H,14-17,22H2,1-7H3,(H2,42,43);5-10,15-17H,11-14H2,1-4H3,(H2,33,34);2-7,12-14,28,31H,8-11H2,1H3,(H2,27,29);2*1H4. The summed E-state index contributed by atoms with van der Waals surface area (Å²) in [6.07, 6.45) is 2.22. The number of halogens is 7. The van der Waals surface area contributed by atoms with E-state index in [0.717, 1.165) is 52.0 Å². The fraction of sp³-hybridized carbons (Fsp3) is 0.340. The SMILES string of the molecule is C.C.CC(Oc1cc(-c2ccc(C(=O)N3CCN(C(=O)OC(C)(C)C)CC3)cc2)cnc1N)c1c(Cl)ccc(F)c1Cl.CC(Oc1cc(-c2ccc(C(=O)N3CCNCC3)cc2)cnc1N)c1c(Cl)ccc(O)c1Cl.COc1cc(C)c(COc2ccc(Cl)c(C(C)Oc3cc(-c4ccc(C(=O)N5CCN(C(=O)OC(C)(C)C)CC5)cc4)cnc3N)c2Cl)c(OC)c1. The molecule has 0 saturated carbocycles. The van der Waals surface area contributed by atoms with Crippen molar-refractivity contribution in [3.63, 3.8) is 0 Å². The number of phenols is 1. The van der Waals surface area contributed by atoms with Crippen molar-refractivity contribution in [2.45, 2.75) is 120 Å². The zero-order valence-electron chi connectivity index (χ0n) is 71.1. The predicted molar refractivity (Wildman–Crippen MR) is 499 cm³/mol. The summed E-state index contributed by atoms with van der Waals surface area (Å²) in [5.41, 5.74) is 26.7. The van der Waals surface area contributed by atoms with Gasteiger partial charge in [-0.25, -0.2) is 28.9 Å². The molecule has 3 aliphatic rings. The van der Waals surface area contributed by atoms with Crippen LogP contribution in [0.3, 0.4) is 0 Å². The average Bonchev–Trinajstić information content (AvgIpc) is 0.805. The molecule has 33 heteroatoms. The third kappa shape index (κ3) is 25.3. The summed E-state index contributed by atoms with van der Waals surface area (Å²) >= 11 is 38.4. The molecule has 8 N–H and O–H groups in total. The number of benzene rings is 7. The Morgan fingerprint density at radius 2 is 0.787 bits per heavy atom. The minimum atomic E-state index is -0.703. The minimum absolute atomic E-state index is 0. The molecule has 5 amide bonds. The van der Waals surface area contributed by atoms with E-state index in [1.54, 1.807) is 133 Å². The first-order valence-electron chi connectivity index (χ1n) is 40.1. The molecular weight excluding hydrogens is 1750 g/mol. The van der Waals surface area contributed by atoms with Crippen molar-refractivity contribution in [1.82, 2.24) is 44.8 Å². The minimum Gasteiger partial charge on any atom is -0.506 e. The van der Waals surface area contributed by atoms with Gasteiger partial charge in [0.2, 0.25) is 0 Å². The maximum atomic E-state index is 14.0.